The predicted octanol–water partition coefficient (Wildman–Crippen LogP) is 3.00. The van der Waals surface area contributed by atoms with Gasteiger partial charge in [-0.15, -0.1) is 0 Å². The lowest BCUT2D eigenvalue weighted by molar-refractivity contribution is 0.235. The van der Waals surface area contributed by atoms with Gasteiger partial charge in [-0.05, 0) is 30.9 Å². The third kappa shape index (κ3) is 3.29. The van der Waals surface area contributed by atoms with Gasteiger partial charge in [-0.2, -0.15) is 0 Å². The fourth-order valence-corrected chi connectivity index (χ4v) is 2.28. The van der Waals surface area contributed by atoms with Crippen LogP contribution in [-0.2, 0) is 13.0 Å². The van der Waals surface area contributed by atoms with E-state index in [0.717, 1.165) is 31.3 Å². The number of aromatic nitrogens is 2. The standard InChI is InChI=1S/C15H25N3/c1-11(2)5-7-18-8-6-13-9-16-15(12(3)4)17-14(13)10-18/h9,11-12H,5-8,10H2,1-4H3. The van der Waals surface area contributed by atoms with Crippen molar-refractivity contribution in [3.8, 4) is 0 Å². The average molecular weight is 247 g/mol. The van der Waals surface area contributed by atoms with E-state index in [0.29, 0.717) is 5.92 Å². The molecule has 0 unspecified atom stereocenters. The van der Waals surface area contributed by atoms with Gasteiger partial charge in [-0.3, -0.25) is 4.90 Å². The van der Waals surface area contributed by atoms with Crippen molar-refractivity contribution in [3.05, 3.63) is 23.3 Å². The molecule has 1 aliphatic rings. The summed E-state index contributed by atoms with van der Waals surface area (Å²) in [5, 5.41) is 0. The normalized spacial score (nSPS) is 16.3. The lowest BCUT2D eigenvalue weighted by Gasteiger charge is -2.28. The Morgan fingerprint density at radius 2 is 2.06 bits per heavy atom. The molecule has 0 aliphatic carbocycles. The zero-order valence-electron chi connectivity index (χ0n) is 12.1. The van der Waals surface area contributed by atoms with E-state index in [-0.39, 0.29) is 0 Å². The van der Waals surface area contributed by atoms with E-state index in [9.17, 15) is 0 Å². The van der Waals surface area contributed by atoms with Crippen LogP contribution in [-0.4, -0.2) is 28.0 Å². The molecule has 1 aliphatic heterocycles. The fraction of sp³-hybridized carbons (Fsp3) is 0.733. The van der Waals surface area contributed by atoms with Crippen LogP contribution in [0.25, 0.3) is 0 Å². The third-order valence-corrected chi connectivity index (χ3v) is 3.58. The summed E-state index contributed by atoms with van der Waals surface area (Å²) in [6.45, 7) is 12.2. The summed E-state index contributed by atoms with van der Waals surface area (Å²) in [6, 6.07) is 0. The van der Waals surface area contributed by atoms with Crippen LogP contribution in [0.5, 0.6) is 0 Å². The van der Waals surface area contributed by atoms with E-state index >= 15 is 0 Å². The Morgan fingerprint density at radius 3 is 2.72 bits per heavy atom. The maximum atomic E-state index is 4.74. The Hall–Kier alpha value is -0.960. The summed E-state index contributed by atoms with van der Waals surface area (Å²) in [5.41, 5.74) is 2.60. The summed E-state index contributed by atoms with van der Waals surface area (Å²) in [6.07, 6.45) is 4.42. The first-order chi connectivity index (χ1) is 8.56. The zero-order valence-corrected chi connectivity index (χ0v) is 12.1. The largest absolute Gasteiger partial charge is 0.297 e. The van der Waals surface area contributed by atoms with Gasteiger partial charge < -0.3 is 0 Å². The van der Waals surface area contributed by atoms with Crippen LogP contribution in [0.4, 0.5) is 0 Å². The van der Waals surface area contributed by atoms with Crippen molar-refractivity contribution in [1.29, 1.82) is 0 Å². The second-order valence-corrected chi connectivity index (χ2v) is 6.06. The topological polar surface area (TPSA) is 29.0 Å². The number of rotatable bonds is 4. The number of fused-ring (bicyclic) bond motifs is 1. The van der Waals surface area contributed by atoms with Crippen molar-refractivity contribution in [2.75, 3.05) is 13.1 Å². The highest BCUT2D eigenvalue weighted by Crippen LogP contribution is 2.19. The summed E-state index contributed by atoms with van der Waals surface area (Å²) >= 11 is 0. The molecule has 0 atom stereocenters. The monoisotopic (exact) mass is 247 g/mol. The highest BCUT2D eigenvalue weighted by Gasteiger charge is 2.18. The van der Waals surface area contributed by atoms with Crippen LogP contribution in [0.15, 0.2) is 6.20 Å². The molecule has 100 valence electrons. The van der Waals surface area contributed by atoms with Gasteiger partial charge in [0.15, 0.2) is 0 Å². The van der Waals surface area contributed by atoms with Crippen LogP contribution in [0, 0.1) is 5.92 Å². The lowest BCUT2D eigenvalue weighted by Crippen LogP contribution is -2.33. The Labute approximate surface area is 111 Å². The van der Waals surface area contributed by atoms with Gasteiger partial charge in [-0.25, -0.2) is 9.97 Å². The summed E-state index contributed by atoms with van der Waals surface area (Å²) in [7, 11) is 0. The van der Waals surface area contributed by atoms with E-state index in [2.05, 4.69) is 37.6 Å². The van der Waals surface area contributed by atoms with Crippen LogP contribution < -0.4 is 0 Å². The van der Waals surface area contributed by atoms with Crippen molar-refractivity contribution < 1.29 is 0 Å². The SMILES string of the molecule is CC(C)CCN1CCc2cnc(C(C)C)nc2C1. The van der Waals surface area contributed by atoms with Crippen molar-refractivity contribution in [2.24, 2.45) is 5.92 Å². The minimum absolute atomic E-state index is 0.418. The van der Waals surface area contributed by atoms with E-state index in [1.807, 2.05) is 6.20 Å². The summed E-state index contributed by atoms with van der Waals surface area (Å²) < 4.78 is 0. The minimum Gasteiger partial charge on any atom is -0.297 e. The molecule has 1 aromatic heterocycles. The summed E-state index contributed by atoms with van der Waals surface area (Å²) in [5.74, 6) is 2.18. The smallest absolute Gasteiger partial charge is 0.131 e. The van der Waals surface area contributed by atoms with Crippen LogP contribution in [0.2, 0.25) is 0 Å². The van der Waals surface area contributed by atoms with E-state index < -0.39 is 0 Å². The first kappa shape index (κ1) is 13.5. The van der Waals surface area contributed by atoms with Gasteiger partial charge >= 0.3 is 0 Å². The first-order valence-corrected chi connectivity index (χ1v) is 7.13. The van der Waals surface area contributed by atoms with Crippen molar-refractivity contribution in [1.82, 2.24) is 14.9 Å². The summed E-state index contributed by atoms with van der Waals surface area (Å²) in [4.78, 5) is 11.7. The van der Waals surface area contributed by atoms with Crippen molar-refractivity contribution >= 4 is 0 Å². The molecule has 18 heavy (non-hydrogen) atoms. The van der Waals surface area contributed by atoms with Crippen molar-refractivity contribution in [2.45, 2.75) is 53.0 Å². The fourth-order valence-electron chi connectivity index (χ4n) is 2.28. The third-order valence-electron chi connectivity index (χ3n) is 3.58. The van der Waals surface area contributed by atoms with Gasteiger partial charge in [0.05, 0.1) is 5.69 Å². The Bertz CT molecular complexity index is 399. The molecule has 2 rings (SSSR count). The highest BCUT2D eigenvalue weighted by molar-refractivity contribution is 5.21. The first-order valence-electron chi connectivity index (χ1n) is 7.13. The molecule has 0 radical (unpaired) electrons. The minimum atomic E-state index is 0.418. The molecule has 0 saturated carbocycles. The van der Waals surface area contributed by atoms with Gasteiger partial charge in [0.25, 0.3) is 0 Å². The lowest BCUT2D eigenvalue weighted by atomic mass is 10.0. The molecule has 0 bridgehead atoms. The Balaban J connectivity index is 2.05. The van der Waals surface area contributed by atoms with Gasteiger partial charge in [0, 0.05) is 25.2 Å². The molecule has 3 nitrogen and oxygen atoms in total. The van der Waals surface area contributed by atoms with Gasteiger partial charge in [0.2, 0.25) is 0 Å². The van der Waals surface area contributed by atoms with E-state index in [1.165, 1.54) is 24.2 Å². The zero-order chi connectivity index (χ0) is 13.1. The number of hydrogen-bond donors (Lipinski definition) is 0. The molecule has 0 aromatic carbocycles. The molecule has 0 saturated heterocycles. The maximum absolute atomic E-state index is 4.74. The average Bonchev–Trinajstić information content (AvgIpc) is 2.35. The predicted molar refractivity (Wildman–Crippen MR) is 74.6 cm³/mol. The van der Waals surface area contributed by atoms with Crippen LogP contribution in [0.1, 0.15) is 57.1 Å². The molecule has 0 fully saturated rings. The highest BCUT2D eigenvalue weighted by atomic mass is 15.1. The van der Waals surface area contributed by atoms with E-state index in [1.54, 1.807) is 0 Å². The second-order valence-electron chi connectivity index (χ2n) is 6.06. The number of hydrogen-bond acceptors (Lipinski definition) is 3. The van der Waals surface area contributed by atoms with Crippen LogP contribution >= 0.6 is 0 Å². The molecule has 3 heteroatoms. The van der Waals surface area contributed by atoms with E-state index in [4.69, 9.17) is 4.98 Å². The molecule has 0 N–H and O–H groups in total. The molecule has 0 spiro atoms. The quantitative estimate of drug-likeness (QED) is 0.819. The van der Waals surface area contributed by atoms with Gasteiger partial charge in [0.1, 0.15) is 5.82 Å². The Kier molecular flexibility index (Phi) is 4.33. The molecular weight excluding hydrogens is 222 g/mol. The molecular formula is C15H25N3. The second kappa shape index (κ2) is 5.79. The van der Waals surface area contributed by atoms with Crippen LogP contribution in [0.3, 0.4) is 0 Å². The Morgan fingerprint density at radius 1 is 1.28 bits per heavy atom. The molecule has 2 heterocycles. The van der Waals surface area contributed by atoms with Crippen molar-refractivity contribution in [3.63, 3.8) is 0 Å². The van der Waals surface area contributed by atoms with Gasteiger partial charge in [-0.1, -0.05) is 27.7 Å². The number of nitrogens with zero attached hydrogens (tertiary/aromatic N) is 3. The molecule has 1 aromatic rings. The maximum Gasteiger partial charge on any atom is 0.131 e. The molecule has 0 amide bonds.